The van der Waals surface area contributed by atoms with Crippen molar-refractivity contribution in [2.75, 3.05) is 13.2 Å². The smallest absolute Gasteiger partial charge is 0.0445 e. The number of hydrogen-bond acceptors (Lipinski definition) is 3. The normalized spacial score (nSPS) is 18.7. The maximum absolute atomic E-state index is 8.77. The largest absolute Gasteiger partial charge is 0.396 e. The zero-order chi connectivity index (χ0) is 10.5. The van der Waals surface area contributed by atoms with Gasteiger partial charge in [0.15, 0.2) is 0 Å². The van der Waals surface area contributed by atoms with Crippen LogP contribution in [0, 0.1) is 5.92 Å². The van der Waals surface area contributed by atoms with E-state index in [9.17, 15) is 0 Å². The predicted molar refractivity (Wildman–Crippen MR) is 56.6 cm³/mol. The summed E-state index contributed by atoms with van der Waals surface area (Å²) < 4.78 is 0. The lowest BCUT2D eigenvalue weighted by Gasteiger charge is -2.36. The molecule has 0 fully saturated rings. The highest BCUT2D eigenvalue weighted by atomic mass is 16.3. The summed E-state index contributed by atoms with van der Waals surface area (Å²) in [5, 5.41) is 12.2. The summed E-state index contributed by atoms with van der Waals surface area (Å²) in [5.41, 5.74) is 5.71. The number of aliphatic hydroxyl groups is 1. The van der Waals surface area contributed by atoms with Gasteiger partial charge in [0.25, 0.3) is 0 Å². The van der Waals surface area contributed by atoms with Crippen molar-refractivity contribution in [3.8, 4) is 0 Å². The van der Waals surface area contributed by atoms with Gasteiger partial charge >= 0.3 is 0 Å². The minimum absolute atomic E-state index is 0.0193. The summed E-state index contributed by atoms with van der Waals surface area (Å²) in [6.45, 7) is 9.38. The molecule has 0 aromatic heterocycles. The highest BCUT2D eigenvalue weighted by Crippen LogP contribution is 2.16. The minimum atomic E-state index is -0.0193. The first-order chi connectivity index (χ1) is 5.96. The number of nitrogens with one attached hydrogen (secondary N) is 1. The lowest BCUT2D eigenvalue weighted by Crippen LogP contribution is -2.55. The van der Waals surface area contributed by atoms with Gasteiger partial charge in [0.2, 0.25) is 0 Å². The molecule has 0 aliphatic heterocycles. The van der Waals surface area contributed by atoms with Crippen LogP contribution in [0.25, 0.3) is 0 Å². The van der Waals surface area contributed by atoms with Crippen LogP contribution < -0.4 is 11.1 Å². The molecule has 0 saturated heterocycles. The fourth-order valence-electron chi connectivity index (χ4n) is 1.29. The molecule has 2 atom stereocenters. The molecule has 4 N–H and O–H groups in total. The Kier molecular flexibility index (Phi) is 5.53. The topological polar surface area (TPSA) is 58.3 Å². The van der Waals surface area contributed by atoms with Crippen LogP contribution in [0.5, 0.6) is 0 Å². The van der Waals surface area contributed by atoms with Gasteiger partial charge in [-0.05, 0) is 26.2 Å². The minimum Gasteiger partial charge on any atom is -0.396 e. The molecule has 80 valence electrons. The van der Waals surface area contributed by atoms with Gasteiger partial charge in [-0.2, -0.15) is 0 Å². The third-order valence-corrected chi connectivity index (χ3v) is 2.84. The van der Waals surface area contributed by atoms with Crippen molar-refractivity contribution in [2.45, 2.75) is 45.7 Å². The van der Waals surface area contributed by atoms with E-state index in [2.05, 4.69) is 33.0 Å². The van der Waals surface area contributed by atoms with E-state index in [1.165, 1.54) is 0 Å². The van der Waals surface area contributed by atoms with Gasteiger partial charge < -0.3 is 16.2 Å². The number of nitrogens with two attached hydrogens (primary N) is 1. The number of aliphatic hydroxyl groups excluding tert-OH is 1. The Morgan fingerprint density at radius 1 is 1.38 bits per heavy atom. The number of rotatable bonds is 6. The van der Waals surface area contributed by atoms with E-state index in [0.29, 0.717) is 18.5 Å². The Bertz CT molecular complexity index is 139. The van der Waals surface area contributed by atoms with Crippen LogP contribution in [0.15, 0.2) is 0 Å². The first kappa shape index (κ1) is 12.9. The molecule has 2 unspecified atom stereocenters. The molecule has 0 rings (SSSR count). The Morgan fingerprint density at radius 3 is 2.23 bits per heavy atom. The van der Waals surface area contributed by atoms with Gasteiger partial charge in [-0.1, -0.05) is 13.8 Å². The van der Waals surface area contributed by atoms with E-state index in [4.69, 9.17) is 10.8 Å². The molecule has 0 amide bonds. The molecule has 3 nitrogen and oxygen atoms in total. The van der Waals surface area contributed by atoms with Crippen molar-refractivity contribution in [1.29, 1.82) is 0 Å². The summed E-state index contributed by atoms with van der Waals surface area (Å²) in [5.74, 6) is 0.499. The maximum atomic E-state index is 8.77. The molecule has 3 heteroatoms. The van der Waals surface area contributed by atoms with E-state index >= 15 is 0 Å². The van der Waals surface area contributed by atoms with Crippen LogP contribution in [-0.2, 0) is 0 Å². The molecule has 0 aliphatic carbocycles. The van der Waals surface area contributed by atoms with Gasteiger partial charge in [-0.3, -0.25) is 0 Å². The van der Waals surface area contributed by atoms with E-state index in [0.717, 1.165) is 6.42 Å². The molecular weight excluding hydrogens is 164 g/mol. The Hall–Kier alpha value is -0.120. The third-order valence-electron chi connectivity index (χ3n) is 2.84. The van der Waals surface area contributed by atoms with Crippen LogP contribution in [-0.4, -0.2) is 29.8 Å². The summed E-state index contributed by atoms with van der Waals surface area (Å²) >= 11 is 0. The summed E-state index contributed by atoms with van der Waals surface area (Å²) in [7, 11) is 0. The Balaban J connectivity index is 4.10. The maximum Gasteiger partial charge on any atom is 0.0445 e. The SMILES string of the molecule is CC(CCO)NC(C)(CN)C(C)C. The van der Waals surface area contributed by atoms with Crippen LogP contribution in [0.1, 0.15) is 34.1 Å². The second-order valence-electron chi connectivity index (χ2n) is 4.33. The average molecular weight is 188 g/mol. The Morgan fingerprint density at radius 2 is 1.92 bits per heavy atom. The van der Waals surface area contributed by atoms with Crippen molar-refractivity contribution in [2.24, 2.45) is 11.7 Å². The standard InChI is InChI=1S/C10H24N2O/c1-8(2)10(4,7-11)12-9(3)5-6-13/h8-9,12-13H,5-7,11H2,1-4H3. The number of hydrogen-bond donors (Lipinski definition) is 3. The highest BCUT2D eigenvalue weighted by Gasteiger charge is 2.27. The van der Waals surface area contributed by atoms with E-state index in [1.54, 1.807) is 0 Å². The second-order valence-corrected chi connectivity index (χ2v) is 4.33. The van der Waals surface area contributed by atoms with Crippen molar-refractivity contribution in [1.82, 2.24) is 5.32 Å². The molecule has 0 aromatic carbocycles. The summed E-state index contributed by atoms with van der Waals surface area (Å²) in [6, 6.07) is 0.320. The van der Waals surface area contributed by atoms with Crippen LogP contribution >= 0.6 is 0 Å². The monoisotopic (exact) mass is 188 g/mol. The second kappa shape index (κ2) is 5.58. The van der Waals surface area contributed by atoms with Crippen LogP contribution in [0.2, 0.25) is 0 Å². The lowest BCUT2D eigenvalue weighted by molar-refractivity contribution is 0.211. The predicted octanol–water partition coefficient (Wildman–Crippen LogP) is 0.720. The fraction of sp³-hybridized carbons (Fsp3) is 1.00. The van der Waals surface area contributed by atoms with Crippen LogP contribution in [0.3, 0.4) is 0 Å². The van der Waals surface area contributed by atoms with Crippen molar-refractivity contribution < 1.29 is 5.11 Å². The van der Waals surface area contributed by atoms with E-state index in [1.807, 2.05) is 0 Å². The molecule has 0 spiro atoms. The zero-order valence-corrected chi connectivity index (χ0v) is 9.30. The molecule has 13 heavy (non-hydrogen) atoms. The average Bonchev–Trinajstić information content (AvgIpc) is 2.04. The lowest BCUT2D eigenvalue weighted by atomic mass is 9.87. The molecule has 0 heterocycles. The molecule has 0 aromatic rings. The van der Waals surface area contributed by atoms with Crippen molar-refractivity contribution in [3.63, 3.8) is 0 Å². The van der Waals surface area contributed by atoms with Gasteiger partial charge in [-0.25, -0.2) is 0 Å². The fourth-order valence-corrected chi connectivity index (χ4v) is 1.29. The van der Waals surface area contributed by atoms with Gasteiger partial charge in [-0.15, -0.1) is 0 Å². The van der Waals surface area contributed by atoms with Gasteiger partial charge in [0.1, 0.15) is 0 Å². The third kappa shape index (κ3) is 4.07. The molecular formula is C10H24N2O. The first-order valence-corrected chi connectivity index (χ1v) is 5.05. The summed E-state index contributed by atoms with van der Waals surface area (Å²) in [6.07, 6.45) is 0.780. The molecule has 0 radical (unpaired) electrons. The van der Waals surface area contributed by atoms with Crippen molar-refractivity contribution in [3.05, 3.63) is 0 Å². The molecule has 0 bridgehead atoms. The van der Waals surface area contributed by atoms with Crippen molar-refractivity contribution >= 4 is 0 Å². The Labute approximate surface area is 81.7 Å². The van der Waals surface area contributed by atoms with E-state index < -0.39 is 0 Å². The highest BCUT2D eigenvalue weighted by molar-refractivity contribution is 4.89. The van der Waals surface area contributed by atoms with Gasteiger partial charge in [0.05, 0.1) is 0 Å². The van der Waals surface area contributed by atoms with E-state index in [-0.39, 0.29) is 12.1 Å². The first-order valence-electron chi connectivity index (χ1n) is 5.05. The van der Waals surface area contributed by atoms with Gasteiger partial charge in [0, 0.05) is 24.7 Å². The quantitative estimate of drug-likeness (QED) is 0.575. The van der Waals surface area contributed by atoms with Crippen LogP contribution in [0.4, 0.5) is 0 Å². The summed E-state index contributed by atoms with van der Waals surface area (Å²) in [4.78, 5) is 0. The molecule has 0 aliphatic rings. The molecule has 0 saturated carbocycles. The zero-order valence-electron chi connectivity index (χ0n) is 9.30.